The van der Waals surface area contributed by atoms with Gasteiger partial charge in [-0.05, 0) is 48.7 Å². The number of carboxylic acids is 1. The van der Waals surface area contributed by atoms with Gasteiger partial charge in [0, 0.05) is 117 Å². The summed E-state index contributed by atoms with van der Waals surface area (Å²) in [5, 5.41) is 27.0. The van der Waals surface area contributed by atoms with Crippen LogP contribution in [0.2, 0.25) is 0 Å². The van der Waals surface area contributed by atoms with Crippen LogP contribution in [0, 0.1) is 0 Å². The van der Waals surface area contributed by atoms with Gasteiger partial charge in [0.2, 0.25) is 23.1 Å². The van der Waals surface area contributed by atoms with E-state index in [1.165, 1.54) is 11.0 Å². The molecule has 460 valence electrons. The number of hydrogen-bond acceptors (Lipinski definition) is 16. The quantitative estimate of drug-likeness (QED) is 0.0122. The molecule has 2 saturated heterocycles. The van der Waals surface area contributed by atoms with Crippen LogP contribution in [0.5, 0.6) is 0 Å². The van der Waals surface area contributed by atoms with Crippen LogP contribution in [0.1, 0.15) is 59.2 Å². The fourth-order valence-electron chi connectivity index (χ4n) is 9.45. The Kier molecular flexibility index (Phi) is 28.7. The number of carbonyl (C=O) groups is 6. The maximum absolute atomic E-state index is 13.7. The van der Waals surface area contributed by atoms with Crippen LogP contribution >= 0.6 is 11.8 Å². The van der Waals surface area contributed by atoms with Crippen LogP contribution in [-0.2, 0) is 47.5 Å². The molecule has 3 atom stereocenters. The number of nitrogens with zero attached hydrogens (tertiary/aromatic N) is 3. The number of thioether (sulfide) groups is 1. The molecule has 0 spiro atoms. The highest BCUT2D eigenvalue weighted by Gasteiger charge is 2.42. The summed E-state index contributed by atoms with van der Waals surface area (Å²) < 4.78 is 47.2. The van der Waals surface area contributed by atoms with Gasteiger partial charge in [-0.1, -0.05) is 18.6 Å². The van der Waals surface area contributed by atoms with Crippen molar-refractivity contribution in [1.82, 2.24) is 36.1 Å². The zero-order valence-electron chi connectivity index (χ0n) is 49.0. The van der Waals surface area contributed by atoms with E-state index in [9.17, 15) is 33.9 Å². The maximum atomic E-state index is 13.7. The third-order valence-electron chi connectivity index (χ3n) is 13.9. The number of aromatic carboxylic acids is 1. The van der Waals surface area contributed by atoms with Gasteiger partial charge in [0.05, 0.1) is 116 Å². The number of nitrogens with one attached hydrogen (secondary N) is 5. The minimum atomic E-state index is -1.22. The Morgan fingerprint density at radius 1 is 0.714 bits per heavy atom. The third kappa shape index (κ3) is 21.8. The lowest BCUT2D eigenvalue weighted by atomic mass is 9.89. The third-order valence-corrected chi connectivity index (χ3v) is 15.4. The molecule has 3 heterocycles. The highest BCUT2D eigenvalue weighted by Crippen LogP contribution is 2.42. The molecule has 0 bridgehead atoms. The fourth-order valence-corrected chi connectivity index (χ4v) is 11.0. The van der Waals surface area contributed by atoms with E-state index >= 15 is 0 Å². The predicted molar refractivity (Wildman–Crippen MR) is 321 cm³/mol. The Morgan fingerprint density at radius 2 is 1.35 bits per heavy atom. The van der Waals surface area contributed by atoms with Crippen LogP contribution in [0.15, 0.2) is 71.7 Å². The average Bonchev–Trinajstić information content (AvgIpc) is 1.39. The summed E-state index contributed by atoms with van der Waals surface area (Å²) >= 11 is 1.88. The van der Waals surface area contributed by atoms with Crippen molar-refractivity contribution in [3.8, 4) is 22.5 Å². The van der Waals surface area contributed by atoms with Gasteiger partial charge in [0.1, 0.15) is 25.4 Å². The summed E-state index contributed by atoms with van der Waals surface area (Å²) in [7, 11) is 7.70. The molecule has 24 heteroatoms. The van der Waals surface area contributed by atoms with E-state index in [0.29, 0.717) is 124 Å². The van der Waals surface area contributed by atoms with Crippen molar-refractivity contribution in [2.45, 2.75) is 55.9 Å². The molecule has 0 radical (unpaired) electrons. The van der Waals surface area contributed by atoms with Gasteiger partial charge in [-0.15, -0.1) is 6.58 Å². The normalized spacial score (nSPS) is 15.3. The molecule has 6 rings (SSSR count). The van der Waals surface area contributed by atoms with Crippen LogP contribution in [0.4, 0.5) is 10.5 Å². The van der Waals surface area contributed by atoms with E-state index in [1.807, 2.05) is 85.8 Å². The van der Waals surface area contributed by atoms with Gasteiger partial charge in [-0.25, -0.2) is 14.2 Å². The maximum Gasteiger partial charge on any atom is 0.336 e. The van der Waals surface area contributed by atoms with Gasteiger partial charge in [0.25, 0.3) is 5.91 Å². The Labute approximate surface area is 495 Å². The Morgan fingerprint density at radius 3 is 1.99 bits per heavy atom. The second-order valence-corrected chi connectivity index (χ2v) is 21.7. The van der Waals surface area contributed by atoms with Gasteiger partial charge in [-0.2, -0.15) is 11.8 Å². The van der Waals surface area contributed by atoms with E-state index in [0.717, 1.165) is 36.1 Å². The summed E-state index contributed by atoms with van der Waals surface area (Å²) in [5.74, 6) is -0.906. The standard InChI is InChI=1S/C60H84N8O15S/c1-6-24-76-28-32-80-36-37-82-35-31-79-27-23-68(22-18-54(70)62-21-26-78-30-34-81-33-29-77-25-20-61-53(69)10-8-7-9-52-57-49(41-84-52)64-60(75)65-57)55(71)17-19-63-58(72)42-11-14-45(48(38-42)59(73)74)56-46-15-12-43(66(2)3)39-50(46)83-51-40-44(67(4)5)13-16-47(51)56/h6,11-16,38-40,49,52,57H,1,7-10,17-37,41H2,2-5H3,(H5-,61,62,63,64,65,69,70,72,73,74,75)/p+1/t49-,52+,57-/m0/s1. The molecule has 0 unspecified atom stereocenters. The zero-order valence-corrected chi connectivity index (χ0v) is 49.8. The number of carboxylic acid groups (broad SMARTS) is 1. The lowest BCUT2D eigenvalue weighted by molar-refractivity contribution is -0.132. The monoisotopic (exact) mass is 1190 g/mol. The zero-order chi connectivity index (χ0) is 60.1. The Hall–Kier alpha value is -6.64. The molecule has 84 heavy (non-hydrogen) atoms. The summed E-state index contributed by atoms with van der Waals surface area (Å²) in [5.41, 5.74) is 3.24. The van der Waals surface area contributed by atoms with Gasteiger partial charge < -0.3 is 79.1 Å². The molecule has 0 aromatic heterocycles. The predicted octanol–water partition coefficient (Wildman–Crippen LogP) is 3.60. The molecule has 2 aromatic rings. The van der Waals surface area contributed by atoms with Crippen molar-refractivity contribution in [2.75, 3.05) is 164 Å². The van der Waals surface area contributed by atoms with E-state index in [4.69, 9.17) is 37.6 Å². The van der Waals surface area contributed by atoms with Crippen molar-refractivity contribution in [1.29, 1.82) is 0 Å². The number of ether oxygens (including phenoxy) is 7. The lowest BCUT2D eigenvalue weighted by Crippen LogP contribution is -2.39. The molecule has 4 aliphatic rings. The highest BCUT2D eigenvalue weighted by atomic mass is 32.2. The fraction of sp³-hybridized carbons (Fsp3) is 0.550. The van der Waals surface area contributed by atoms with Gasteiger partial charge in [0.15, 0.2) is 0 Å². The molecule has 3 aliphatic heterocycles. The minimum Gasteiger partial charge on any atom is -0.478 e. The smallest absolute Gasteiger partial charge is 0.336 e. The molecule has 1 aliphatic carbocycles. The summed E-state index contributed by atoms with van der Waals surface area (Å²) in [6.07, 6.45) is 4.73. The first kappa shape index (κ1) is 66.5. The van der Waals surface area contributed by atoms with Crippen molar-refractivity contribution in [3.05, 3.63) is 83.7 Å². The van der Waals surface area contributed by atoms with E-state index < -0.39 is 11.9 Å². The largest absolute Gasteiger partial charge is 0.478 e. The van der Waals surface area contributed by atoms with Crippen molar-refractivity contribution in [3.63, 3.8) is 0 Å². The molecule has 0 saturated carbocycles. The topological polar surface area (TPSA) is 270 Å². The van der Waals surface area contributed by atoms with Crippen molar-refractivity contribution >= 4 is 64.0 Å². The molecule has 6 amide bonds. The Balaban J connectivity index is 0.900. The number of anilines is 1. The molecular formula is C60H85N8O15S+. The molecule has 2 aromatic carbocycles. The summed E-state index contributed by atoms with van der Waals surface area (Å²) in [4.78, 5) is 80.5. The van der Waals surface area contributed by atoms with Crippen LogP contribution in [0.25, 0.3) is 33.4 Å². The number of hydrogen-bond donors (Lipinski definition) is 6. The van der Waals surface area contributed by atoms with Crippen molar-refractivity contribution in [2.24, 2.45) is 0 Å². The van der Waals surface area contributed by atoms with E-state index in [-0.39, 0.29) is 106 Å². The van der Waals surface area contributed by atoms with Crippen LogP contribution in [0.3, 0.4) is 0 Å². The molecule has 2 fully saturated rings. The number of benzene rings is 3. The number of amides is 6. The van der Waals surface area contributed by atoms with E-state index in [2.05, 4.69) is 33.2 Å². The first-order valence-corrected chi connectivity index (χ1v) is 29.8. The summed E-state index contributed by atoms with van der Waals surface area (Å²) in [6, 6.07) is 16.3. The van der Waals surface area contributed by atoms with Crippen LogP contribution < -0.4 is 41.4 Å². The van der Waals surface area contributed by atoms with Crippen molar-refractivity contribution < 1.29 is 71.4 Å². The average molecular weight is 1190 g/mol. The van der Waals surface area contributed by atoms with E-state index in [1.54, 1.807) is 18.2 Å². The first-order chi connectivity index (χ1) is 40.7. The number of fused-ring (bicyclic) bond motifs is 3. The lowest BCUT2D eigenvalue weighted by Gasteiger charge is -2.23. The summed E-state index contributed by atoms with van der Waals surface area (Å²) in [6.45, 7) is 9.33. The second-order valence-electron chi connectivity index (χ2n) is 20.4. The highest BCUT2D eigenvalue weighted by molar-refractivity contribution is 8.00. The number of urea groups is 1. The second kappa shape index (κ2) is 36.3. The molecule has 23 nitrogen and oxygen atoms in total. The molecule has 6 N–H and O–H groups in total. The van der Waals surface area contributed by atoms with Gasteiger partial charge in [-0.3, -0.25) is 19.2 Å². The Bertz CT molecular complexity index is 2830. The number of unbranched alkanes of at least 4 members (excludes halogenated alkanes) is 1. The number of rotatable bonds is 41. The van der Waals surface area contributed by atoms with Crippen LogP contribution in [-0.4, -0.2) is 222 Å². The first-order valence-electron chi connectivity index (χ1n) is 28.7. The molecular weight excluding hydrogens is 1100 g/mol. The number of carbonyl (C=O) groups excluding carboxylic acids is 5. The minimum absolute atomic E-state index is 0.00614. The van der Waals surface area contributed by atoms with Gasteiger partial charge >= 0.3 is 12.0 Å². The SMILES string of the molecule is C=CCOCCOCCOCCOCCN(CCC(=O)NCCOCCOCCOCCNC(=O)CCCC[C@H]1SC[C@@H]2NC(=O)N[C@@H]21)C(=O)CCNC(=O)c1ccc(-c2c3ccc(=[N+](C)C)cc-3oc3cc(N(C)C)ccc23)c(C(=O)O)c1.